The second kappa shape index (κ2) is 8.49. The summed E-state index contributed by atoms with van der Waals surface area (Å²) in [6.45, 7) is 12.9. The average Bonchev–Trinajstić information content (AvgIpc) is 2.61. The molecule has 24 heavy (non-hydrogen) atoms. The van der Waals surface area contributed by atoms with Gasteiger partial charge in [0, 0.05) is 24.3 Å². The van der Waals surface area contributed by atoms with E-state index in [0.717, 1.165) is 44.8 Å². The van der Waals surface area contributed by atoms with E-state index in [1.54, 1.807) is 0 Å². The van der Waals surface area contributed by atoms with Crippen LogP contribution in [0.2, 0.25) is 0 Å². The fourth-order valence-corrected chi connectivity index (χ4v) is 3.12. The first-order valence-corrected chi connectivity index (χ1v) is 8.98. The maximum atomic E-state index is 6.19. The fraction of sp³-hybridized carbons (Fsp3) is 0.632. The van der Waals surface area contributed by atoms with E-state index in [0.29, 0.717) is 12.5 Å². The zero-order valence-electron chi connectivity index (χ0n) is 15.6. The van der Waals surface area contributed by atoms with Crippen LogP contribution in [0.1, 0.15) is 38.8 Å². The maximum absolute atomic E-state index is 6.19. The highest BCUT2D eigenvalue weighted by atomic mass is 16.5. The monoisotopic (exact) mass is 332 g/mol. The molecule has 134 valence electrons. The number of aryl methyl sites for hydroxylation is 2. The molecule has 1 aromatic carbocycles. The molecule has 0 atom stereocenters. The standard InChI is InChI=1S/C19H32N4O/c1-5-15-8-7-9-16(6-2)17(15)22-18(20)21-14-19(3,4)23-10-12-24-13-11-23/h7-9H,5-6,10-14H2,1-4H3,(H3,20,21,22). The van der Waals surface area contributed by atoms with Crippen molar-refractivity contribution < 1.29 is 4.74 Å². The third kappa shape index (κ3) is 4.71. The van der Waals surface area contributed by atoms with E-state index >= 15 is 0 Å². The number of benzene rings is 1. The Balaban J connectivity index is 2.06. The first-order chi connectivity index (χ1) is 11.5. The van der Waals surface area contributed by atoms with Gasteiger partial charge in [0.05, 0.1) is 19.8 Å². The summed E-state index contributed by atoms with van der Waals surface area (Å²) in [6, 6.07) is 6.40. The average molecular weight is 332 g/mol. The molecule has 0 amide bonds. The number of guanidine groups is 1. The van der Waals surface area contributed by atoms with Crippen molar-refractivity contribution in [2.24, 2.45) is 10.7 Å². The molecule has 1 aliphatic rings. The lowest BCUT2D eigenvalue weighted by atomic mass is 10.0. The Morgan fingerprint density at radius 3 is 2.33 bits per heavy atom. The Kier molecular flexibility index (Phi) is 6.63. The lowest BCUT2D eigenvalue weighted by Crippen LogP contribution is -2.52. The van der Waals surface area contributed by atoms with Gasteiger partial charge in [0.2, 0.25) is 0 Å². The predicted molar refractivity (Wildman–Crippen MR) is 102 cm³/mol. The molecular formula is C19H32N4O. The molecule has 2 rings (SSSR count). The highest BCUT2D eigenvalue weighted by Gasteiger charge is 2.27. The molecular weight excluding hydrogens is 300 g/mol. The van der Waals surface area contributed by atoms with Gasteiger partial charge in [0.15, 0.2) is 5.96 Å². The van der Waals surface area contributed by atoms with Gasteiger partial charge in [-0.3, -0.25) is 9.89 Å². The number of ether oxygens (including phenoxy) is 1. The number of morpholine rings is 1. The molecule has 0 spiro atoms. The Morgan fingerprint density at radius 2 is 1.79 bits per heavy atom. The second-order valence-corrected chi connectivity index (χ2v) is 6.90. The molecule has 1 saturated heterocycles. The van der Waals surface area contributed by atoms with Gasteiger partial charge in [-0.15, -0.1) is 0 Å². The van der Waals surface area contributed by atoms with Crippen molar-refractivity contribution in [3.05, 3.63) is 29.3 Å². The SMILES string of the molecule is CCc1cccc(CC)c1NC(N)=NCC(C)(C)N1CCOCC1. The number of hydrogen-bond acceptors (Lipinski definition) is 3. The third-order valence-electron chi connectivity index (χ3n) is 4.76. The van der Waals surface area contributed by atoms with Gasteiger partial charge < -0.3 is 15.8 Å². The minimum Gasteiger partial charge on any atom is -0.379 e. The van der Waals surface area contributed by atoms with Crippen LogP contribution in [-0.4, -0.2) is 49.2 Å². The van der Waals surface area contributed by atoms with E-state index in [9.17, 15) is 0 Å². The maximum Gasteiger partial charge on any atom is 0.193 e. The van der Waals surface area contributed by atoms with E-state index in [4.69, 9.17) is 10.5 Å². The molecule has 1 aromatic rings. The lowest BCUT2D eigenvalue weighted by molar-refractivity contribution is -0.00680. The molecule has 1 fully saturated rings. The number of nitrogens with one attached hydrogen (secondary N) is 1. The molecule has 0 aromatic heterocycles. The summed E-state index contributed by atoms with van der Waals surface area (Å²) in [7, 11) is 0. The van der Waals surface area contributed by atoms with Gasteiger partial charge in [0.25, 0.3) is 0 Å². The number of nitrogens with zero attached hydrogens (tertiary/aromatic N) is 2. The molecule has 0 unspecified atom stereocenters. The Hall–Kier alpha value is -1.59. The molecule has 1 heterocycles. The molecule has 3 N–H and O–H groups in total. The van der Waals surface area contributed by atoms with Gasteiger partial charge in [-0.05, 0) is 37.8 Å². The Bertz CT molecular complexity index is 540. The number of para-hydroxylation sites is 1. The second-order valence-electron chi connectivity index (χ2n) is 6.90. The van der Waals surface area contributed by atoms with Crippen molar-refractivity contribution in [2.75, 3.05) is 38.2 Å². The van der Waals surface area contributed by atoms with E-state index < -0.39 is 0 Å². The molecule has 0 aliphatic carbocycles. The minimum atomic E-state index is -0.0199. The normalized spacial score (nSPS) is 17.1. The van der Waals surface area contributed by atoms with Crippen molar-refractivity contribution in [2.45, 2.75) is 46.1 Å². The summed E-state index contributed by atoms with van der Waals surface area (Å²) in [5.41, 5.74) is 9.84. The topological polar surface area (TPSA) is 62.9 Å². The van der Waals surface area contributed by atoms with E-state index in [1.807, 2.05) is 0 Å². The lowest BCUT2D eigenvalue weighted by Gasteiger charge is -2.39. The van der Waals surface area contributed by atoms with Crippen LogP contribution in [-0.2, 0) is 17.6 Å². The predicted octanol–water partition coefficient (Wildman–Crippen LogP) is 2.65. The van der Waals surface area contributed by atoms with Crippen LogP contribution in [0.3, 0.4) is 0 Å². The summed E-state index contributed by atoms with van der Waals surface area (Å²) in [6.07, 6.45) is 1.95. The third-order valence-corrected chi connectivity index (χ3v) is 4.76. The number of nitrogens with two attached hydrogens (primary N) is 1. The van der Waals surface area contributed by atoms with Crippen molar-refractivity contribution >= 4 is 11.6 Å². The molecule has 1 aliphatic heterocycles. The largest absolute Gasteiger partial charge is 0.379 e. The molecule has 5 heteroatoms. The first-order valence-electron chi connectivity index (χ1n) is 8.98. The Labute approximate surface area is 146 Å². The van der Waals surface area contributed by atoms with Crippen LogP contribution in [0.4, 0.5) is 5.69 Å². The van der Waals surface area contributed by atoms with Crippen molar-refractivity contribution in [3.8, 4) is 0 Å². The van der Waals surface area contributed by atoms with E-state index in [-0.39, 0.29) is 5.54 Å². The van der Waals surface area contributed by atoms with Crippen LogP contribution in [0, 0.1) is 0 Å². The number of hydrogen-bond donors (Lipinski definition) is 2. The molecule has 0 radical (unpaired) electrons. The molecule has 5 nitrogen and oxygen atoms in total. The van der Waals surface area contributed by atoms with Crippen LogP contribution in [0.5, 0.6) is 0 Å². The first kappa shape index (κ1) is 18.7. The van der Waals surface area contributed by atoms with Crippen molar-refractivity contribution in [3.63, 3.8) is 0 Å². The number of aliphatic imine (C=N–C) groups is 1. The zero-order chi connectivity index (χ0) is 17.6. The summed E-state index contributed by atoms with van der Waals surface area (Å²) in [5, 5.41) is 3.34. The zero-order valence-corrected chi connectivity index (χ0v) is 15.6. The van der Waals surface area contributed by atoms with Crippen LogP contribution in [0.25, 0.3) is 0 Å². The highest BCUT2D eigenvalue weighted by molar-refractivity contribution is 5.93. The number of rotatable bonds is 6. The van der Waals surface area contributed by atoms with Gasteiger partial charge in [-0.1, -0.05) is 32.0 Å². The van der Waals surface area contributed by atoms with Crippen molar-refractivity contribution in [1.82, 2.24) is 4.90 Å². The Morgan fingerprint density at radius 1 is 1.21 bits per heavy atom. The van der Waals surface area contributed by atoms with Gasteiger partial charge in [0.1, 0.15) is 0 Å². The summed E-state index contributed by atoms with van der Waals surface area (Å²) < 4.78 is 5.44. The van der Waals surface area contributed by atoms with E-state index in [2.05, 4.69) is 61.1 Å². The molecule has 0 saturated carbocycles. The smallest absolute Gasteiger partial charge is 0.193 e. The quantitative estimate of drug-likeness (QED) is 0.621. The fourth-order valence-electron chi connectivity index (χ4n) is 3.12. The number of anilines is 1. The van der Waals surface area contributed by atoms with Crippen LogP contribution in [0.15, 0.2) is 23.2 Å². The van der Waals surface area contributed by atoms with Crippen molar-refractivity contribution in [1.29, 1.82) is 0 Å². The summed E-state index contributed by atoms with van der Waals surface area (Å²) >= 11 is 0. The minimum absolute atomic E-state index is 0.0199. The van der Waals surface area contributed by atoms with Gasteiger partial charge in [-0.25, -0.2) is 0 Å². The van der Waals surface area contributed by atoms with Crippen LogP contribution >= 0.6 is 0 Å². The van der Waals surface area contributed by atoms with E-state index in [1.165, 1.54) is 11.1 Å². The molecule has 0 bridgehead atoms. The van der Waals surface area contributed by atoms with Gasteiger partial charge >= 0.3 is 0 Å². The highest BCUT2D eigenvalue weighted by Crippen LogP contribution is 2.22. The van der Waals surface area contributed by atoms with Gasteiger partial charge in [-0.2, -0.15) is 0 Å². The van der Waals surface area contributed by atoms with Crippen LogP contribution < -0.4 is 11.1 Å². The summed E-state index contributed by atoms with van der Waals surface area (Å²) in [5.74, 6) is 0.493. The summed E-state index contributed by atoms with van der Waals surface area (Å²) in [4.78, 5) is 7.04.